The molecule has 0 spiro atoms. The van der Waals surface area contributed by atoms with Gasteiger partial charge in [0.1, 0.15) is 0 Å². The first kappa shape index (κ1) is 14.1. The first-order valence-electron chi connectivity index (χ1n) is 6.43. The van der Waals surface area contributed by atoms with Crippen LogP contribution in [0, 0.1) is 0 Å². The molecular formula is C13H19N3O2S. The fraction of sp³-hybridized carbons (Fsp3) is 0.538. The lowest BCUT2D eigenvalue weighted by Gasteiger charge is -2.35. The van der Waals surface area contributed by atoms with Crippen LogP contribution < -0.4 is 5.32 Å². The van der Waals surface area contributed by atoms with E-state index in [0.717, 1.165) is 23.6 Å². The minimum atomic E-state index is -0.0531. The Morgan fingerprint density at radius 3 is 3.26 bits per heavy atom. The predicted molar refractivity (Wildman–Crippen MR) is 76.0 cm³/mol. The minimum absolute atomic E-state index is 0.0531. The van der Waals surface area contributed by atoms with Crippen LogP contribution in [0.25, 0.3) is 0 Å². The number of nitrogens with one attached hydrogen (secondary N) is 1. The zero-order valence-corrected chi connectivity index (χ0v) is 11.6. The average molecular weight is 281 g/mol. The van der Waals surface area contributed by atoms with Gasteiger partial charge in [0, 0.05) is 49.6 Å². The number of thioether (sulfide) groups is 1. The Kier molecular flexibility index (Phi) is 5.47. The first-order valence-corrected chi connectivity index (χ1v) is 7.58. The molecule has 2 amide bonds. The van der Waals surface area contributed by atoms with Crippen molar-refractivity contribution >= 4 is 17.8 Å². The molecule has 0 saturated carbocycles. The summed E-state index contributed by atoms with van der Waals surface area (Å²) in [7, 11) is 0. The van der Waals surface area contributed by atoms with Gasteiger partial charge in [-0.2, -0.15) is 11.8 Å². The summed E-state index contributed by atoms with van der Waals surface area (Å²) in [5, 5.41) is 12.0. The fourth-order valence-corrected chi connectivity index (χ4v) is 3.20. The van der Waals surface area contributed by atoms with Crippen molar-refractivity contribution in [1.29, 1.82) is 0 Å². The number of carbonyl (C=O) groups excluding carboxylic acids is 1. The highest BCUT2D eigenvalue weighted by molar-refractivity contribution is 7.99. The summed E-state index contributed by atoms with van der Waals surface area (Å²) in [6, 6.07) is 3.87. The van der Waals surface area contributed by atoms with Crippen LogP contribution in [0.4, 0.5) is 4.79 Å². The highest BCUT2D eigenvalue weighted by atomic mass is 32.2. The smallest absolute Gasteiger partial charge is 0.317 e. The molecule has 0 bridgehead atoms. The zero-order chi connectivity index (χ0) is 13.5. The molecule has 1 aliphatic rings. The number of urea groups is 1. The number of aliphatic hydroxyl groups is 1. The molecule has 1 atom stereocenters. The lowest BCUT2D eigenvalue weighted by molar-refractivity contribution is 0.165. The van der Waals surface area contributed by atoms with Crippen molar-refractivity contribution < 1.29 is 9.90 Å². The highest BCUT2D eigenvalue weighted by Gasteiger charge is 2.26. The van der Waals surface area contributed by atoms with Crippen LogP contribution in [-0.2, 0) is 6.54 Å². The molecule has 0 unspecified atom stereocenters. The number of rotatable bonds is 4. The van der Waals surface area contributed by atoms with Crippen molar-refractivity contribution in [2.75, 3.05) is 24.7 Å². The summed E-state index contributed by atoms with van der Waals surface area (Å²) in [5.74, 6) is 1.86. The molecule has 1 aromatic rings. The van der Waals surface area contributed by atoms with Crippen molar-refractivity contribution in [2.24, 2.45) is 0 Å². The van der Waals surface area contributed by atoms with Crippen LogP contribution in [0.3, 0.4) is 0 Å². The molecule has 1 fully saturated rings. The number of hydrogen-bond donors (Lipinski definition) is 2. The number of carbonyl (C=O) groups is 1. The molecule has 1 saturated heterocycles. The molecular weight excluding hydrogens is 262 g/mol. The van der Waals surface area contributed by atoms with E-state index in [1.807, 2.05) is 28.8 Å². The van der Waals surface area contributed by atoms with E-state index in [-0.39, 0.29) is 18.7 Å². The Balaban J connectivity index is 1.87. The van der Waals surface area contributed by atoms with Gasteiger partial charge in [0.2, 0.25) is 0 Å². The number of aliphatic hydroxyl groups excluding tert-OH is 1. The van der Waals surface area contributed by atoms with E-state index >= 15 is 0 Å². The van der Waals surface area contributed by atoms with E-state index < -0.39 is 0 Å². The Morgan fingerprint density at radius 2 is 2.53 bits per heavy atom. The van der Waals surface area contributed by atoms with Gasteiger partial charge < -0.3 is 15.3 Å². The van der Waals surface area contributed by atoms with E-state index in [1.165, 1.54) is 0 Å². The van der Waals surface area contributed by atoms with E-state index in [2.05, 4.69) is 10.3 Å². The van der Waals surface area contributed by atoms with Gasteiger partial charge in [-0.05, 0) is 18.1 Å². The lowest BCUT2D eigenvalue weighted by Crippen LogP contribution is -2.50. The maximum atomic E-state index is 12.2. The first-order chi connectivity index (χ1) is 9.31. The van der Waals surface area contributed by atoms with Crippen molar-refractivity contribution in [2.45, 2.75) is 19.0 Å². The summed E-state index contributed by atoms with van der Waals surface area (Å²) in [6.45, 7) is 1.36. The van der Waals surface area contributed by atoms with Crippen LogP contribution >= 0.6 is 11.8 Å². The Morgan fingerprint density at radius 1 is 1.63 bits per heavy atom. The molecule has 2 rings (SSSR count). The van der Waals surface area contributed by atoms with Gasteiger partial charge in [-0.25, -0.2) is 4.79 Å². The van der Waals surface area contributed by atoms with Crippen molar-refractivity contribution in [3.63, 3.8) is 0 Å². The van der Waals surface area contributed by atoms with Crippen LogP contribution in [0.2, 0.25) is 0 Å². The topological polar surface area (TPSA) is 65.5 Å². The standard InChI is InChI=1S/C13H19N3O2S/c17-6-3-12-10-19-7-5-16(12)13(18)15-9-11-2-1-4-14-8-11/h1-2,4,8,12,17H,3,5-7,9-10H2,(H,15,18)/t12-/m0/s1. The fourth-order valence-electron chi connectivity index (χ4n) is 2.09. The molecule has 1 aromatic heterocycles. The van der Waals surface area contributed by atoms with Gasteiger partial charge in [0.05, 0.1) is 0 Å². The van der Waals surface area contributed by atoms with Gasteiger partial charge in [-0.1, -0.05) is 6.07 Å². The SMILES string of the molecule is O=C(NCc1cccnc1)N1CCSC[C@@H]1CCO. The average Bonchev–Trinajstić information content (AvgIpc) is 2.47. The zero-order valence-electron chi connectivity index (χ0n) is 10.8. The van der Waals surface area contributed by atoms with E-state index in [0.29, 0.717) is 13.0 Å². The molecule has 0 radical (unpaired) electrons. The molecule has 2 N–H and O–H groups in total. The largest absolute Gasteiger partial charge is 0.396 e. The molecule has 0 aliphatic carbocycles. The summed E-state index contributed by atoms with van der Waals surface area (Å²) in [4.78, 5) is 18.0. The third-order valence-electron chi connectivity index (χ3n) is 3.12. The van der Waals surface area contributed by atoms with Crippen molar-refractivity contribution in [1.82, 2.24) is 15.2 Å². The summed E-state index contributed by atoms with van der Waals surface area (Å²) in [5.41, 5.74) is 0.987. The Labute approximate surface area is 117 Å². The monoisotopic (exact) mass is 281 g/mol. The number of aromatic nitrogens is 1. The van der Waals surface area contributed by atoms with E-state index in [9.17, 15) is 4.79 Å². The Hall–Kier alpha value is -1.27. The summed E-state index contributed by atoms with van der Waals surface area (Å²) >= 11 is 1.84. The third kappa shape index (κ3) is 4.11. The van der Waals surface area contributed by atoms with Crippen LogP contribution in [0.1, 0.15) is 12.0 Å². The molecule has 19 heavy (non-hydrogen) atoms. The normalized spacial score (nSPS) is 19.2. The maximum absolute atomic E-state index is 12.2. The molecule has 104 valence electrons. The van der Waals surface area contributed by atoms with Crippen LogP contribution in [0.5, 0.6) is 0 Å². The molecule has 5 nitrogen and oxygen atoms in total. The second-order valence-electron chi connectivity index (χ2n) is 4.45. The molecule has 0 aromatic carbocycles. The van der Waals surface area contributed by atoms with Gasteiger partial charge >= 0.3 is 6.03 Å². The summed E-state index contributed by atoms with van der Waals surface area (Å²) in [6.07, 6.45) is 4.11. The quantitative estimate of drug-likeness (QED) is 0.867. The van der Waals surface area contributed by atoms with Gasteiger partial charge in [0.15, 0.2) is 0 Å². The lowest BCUT2D eigenvalue weighted by atomic mass is 10.2. The second-order valence-corrected chi connectivity index (χ2v) is 5.60. The molecule has 6 heteroatoms. The number of hydrogen-bond acceptors (Lipinski definition) is 4. The molecule has 1 aliphatic heterocycles. The Bertz CT molecular complexity index is 400. The minimum Gasteiger partial charge on any atom is -0.396 e. The summed E-state index contributed by atoms with van der Waals surface area (Å²) < 4.78 is 0. The molecule has 2 heterocycles. The second kappa shape index (κ2) is 7.35. The predicted octanol–water partition coefficient (Wildman–Crippen LogP) is 1.09. The third-order valence-corrected chi connectivity index (χ3v) is 4.21. The van der Waals surface area contributed by atoms with Crippen LogP contribution in [-0.4, -0.2) is 51.7 Å². The van der Waals surface area contributed by atoms with Crippen molar-refractivity contribution in [3.05, 3.63) is 30.1 Å². The maximum Gasteiger partial charge on any atom is 0.317 e. The van der Waals surface area contributed by atoms with Gasteiger partial charge in [-0.15, -0.1) is 0 Å². The van der Waals surface area contributed by atoms with E-state index in [1.54, 1.807) is 12.4 Å². The van der Waals surface area contributed by atoms with Crippen LogP contribution in [0.15, 0.2) is 24.5 Å². The van der Waals surface area contributed by atoms with Gasteiger partial charge in [0.25, 0.3) is 0 Å². The van der Waals surface area contributed by atoms with E-state index in [4.69, 9.17) is 5.11 Å². The number of nitrogens with zero attached hydrogens (tertiary/aromatic N) is 2. The van der Waals surface area contributed by atoms with Gasteiger partial charge in [-0.3, -0.25) is 4.98 Å². The number of amides is 2. The van der Waals surface area contributed by atoms with Crippen molar-refractivity contribution in [3.8, 4) is 0 Å². The number of pyridine rings is 1. The highest BCUT2D eigenvalue weighted by Crippen LogP contribution is 2.18.